The van der Waals surface area contributed by atoms with E-state index in [9.17, 15) is 27.9 Å². The topological polar surface area (TPSA) is 98.3 Å². The molecule has 186 valence electrons. The van der Waals surface area contributed by atoms with Gasteiger partial charge in [0.1, 0.15) is 12.2 Å². The first-order chi connectivity index (χ1) is 16.5. The van der Waals surface area contributed by atoms with Gasteiger partial charge in [-0.2, -0.15) is 13.2 Å². The van der Waals surface area contributed by atoms with Crippen LogP contribution in [-0.4, -0.2) is 57.8 Å². The Kier molecular flexibility index (Phi) is 6.73. The number of piperidine rings is 1. The van der Waals surface area contributed by atoms with Crippen molar-refractivity contribution in [3.63, 3.8) is 0 Å². The number of carbonyl (C=O) groups excluding carboxylic acids is 1. The summed E-state index contributed by atoms with van der Waals surface area (Å²) in [4.78, 5) is 32.2. The van der Waals surface area contributed by atoms with Crippen molar-refractivity contribution in [2.24, 2.45) is 0 Å². The van der Waals surface area contributed by atoms with Gasteiger partial charge in [0.15, 0.2) is 0 Å². The van der Waals surface area contributed by atoms with Gasteiger partial charge in [0.2, 0.25) is 0 Å². The summed E-state index contributed by atoms with van der Waals surface area (Å²) >= 11 is 0. The third-order valence-electron chi connectivity index (χ3n) is 6.41. The van der Waals surface area contributed by atoms with Crippen LogP contribution < -0.4 is 5.32 Å². The summed E-state index contributed by atoms with van der Waals surface area (Å²) < 4.78 is 37.5. The molecule has 35 heavy (non-hydrogen) atoms. The zero-order valence-corrected chi connectivity index (χ0v) is 19.4. The average Bonchev–Trinajstić information content (AvgIpc) is 3.21. The number of aromatic nitrogens is 2. The summed E-state index contributed by atoms with van der Waals surface area (Å²) in [6.07, 6.45) is -2.47. The van der Waals surface area contributed by atoms with E-state index in [2.05, 4.69) is 35.9 Å². The largest absolute Gasteiger partial charge is 0.465 e. The third-order valence-corrected chi connectivity index (χ3v) is 6.41. The van der Waals surface area contributed by atoms with E-state index in [-0.39, 0.29) is 17.5 Å². The fourth-order valence-electron chi connectivity index (χ4n) is 4.70. The first kappa shape index (κ1) is 24.6. The number of amides is 2. The molecule has 10 heteroatoms. The fourth-order valence-corrected chi connectivity index (χ4v) is 4.70. The number of benzene rings is 1. The van der Waals surface area contributed by atoms with Crippen molar-refractivity contribution in [1.82, 2.24) is 20.2 Å². The van der Waals surface area contributed by atoms with Crippen LogP contribution in [0, 0.1) is 0 Å². The Labute approximate surface area is 200 Å². The molecule has 0 spiro atoms. The number of carbonyl (C=O) groups is 2. The Bertz CT molecular complexity index is 1240. The van der Waals surface area contributed by atoms with Crippen molar-refractivity contribution in [2.75, 3.05) is 19.6 Å². The van der Waals surface area contributed by atoms with Crippen LogP contribution in [0.2, 0.25) is 0 Å². The number of likely N-dealkylation sites (tertiary alicyclic amines) is 1. The molecule has 2 aromatic heterocycles. The standard InChI is InChI=1S/C25H27F3N4O3/c1-14(2)21-18-11-16(15-6-9-32(10-7-15)24(34)35)3-4-19(18)31-22(21)17-5-8-29-20(12-17)23(33)30-13-25(26,27)28/h3-5,8,11-12,14-15,31H,6-7,9-10,13H2,1-2H3,(H,30,33)(H,34,35). The smallest absolute Gasteiger partial charge is 0.407 e. The van der Waals surface area contributed by atoms with Crippen LogP contribution in [0.3, 0.4) is 0 Å². The van der Waals surface area contributed by atoms with E-state index in [1.54, 1.807) is 6.07 Å². The summed E-state index contributed by atoms with van der Waals surface area (Å²) in [5.74, 6) is -0.502. The minimum atomic E-state index is -4.50. The molecule has 0 radical (unpaired) electrons. The van der Waals surface area contributed by atoms with Crippen LogP contribution in [0.25, 0.3) is 22.2 Å². The molecule has 0 saturated carbocycles. The molecule has 1 aliphatic rings. The predicted molar refractivity (Wildman–Crippen MR) is 126 cm³/mol. The maximum absolute atomic E-state index is 12.5. The fraction of sp³-hybridized carbons (Fsp3) is 0.400. The second-order valence-corrected chi connectivity index (χ2v) is 9.14. The normalized spacial score (nSPS) is 15.1. The molecule has 3 N–H and O–H groups in total. The molecule has 0 atom stereocenters. The number of hydrogen-bond acceptors (Lipinski definition) is 3. The second kappa shape index (κ2) is 9.59. The molecule has 1 saturated heterocycles. The molecule has 1 fully saturated rings. The number of fused-ring (bicyclic) bond motifs is 1. The monoisotopic (exact) mass is 488 g/mol. The van der Waals surface area contributed by atoms with E-state index in [0.717, 1.165) is 40.6 Å². The van der Waals surface area contributed by atoms with Gasteiger partial charge in [-0.25, -0.2) is 4.79 Å². The molecule has 3 heterocycles. The molecule has 0 bridgehead atoms. The average molecular weight is 489 g/mol. The van der Waals surface area contributed by atoms with E-state index in [0.29, 0.717) is 18.7 Å². The lowest BCUT2D eigenvalue weighted by molar-refractivity contribution is -0.123. The maximum atomic E-state index is 12.5. The molecule has 1 aliphatic heterocycles. The Morgan fingerprint density at radius 2 is 1.91 bits per heavy atom. The quantitative estimate of drug-likeness (QED) is 0.442. The van der Waals surface area contributed by atoms with Gasteiger partial charge >= 0.3 is 12.3 Å². The van der Waals surface area contributed by atoms with Crippen molar-refractivity contribution in [3.05, 3.63) is 53.3 Å². The van der Waals surface area contributed by atoms with Gasteiger partial charge in [0, 0.05) is 35.8 Å². The highest BCUT2D eigenvalue weighted by atomic mass is 19.4. The maximum Gasteiger partial charge on any atom is 0.407 e. The van der Waals surface area contributed by atoms with Crippen LogP contribution in [0.15, 0.2) is 36.5 Å². The Morgan fingerprint density at radius 1 is 1.20 bits per heavy atom. The minimum absolute atomic E-state index is 0.0917. The number of halogens is 3. The SMILES string of the molecule is CC(C)c1c(-c2ccnc(C(=O)NCC(F)(F)F)c2)[nH]c2ccc(C3CCN(C(=O)O)CC3)cc12. The van der Waals surface area contributed by atoms with E-state index >= 15 is 0 Å². The molecular formula is C25H27F3N4O3. The number of nitrogens with zero attached hydrogens (tertiary/aromatic N) is 2. The number of nitrogens with one attached hydrogen (secondary N) is 2. The Hall–Kier alpha value is -3.56. The molecule has 3 aromatic rings. The number of rotatable bonds is 5. The number of pyridine rings is 1. The highest BCUT2D eigenvalue weighted by Crippen LogP contribution is 2.38. The summed E-state index contributed by atoms with van der Waals surface area (Å²) in [7, 11) is 0. The van der Waals surface area contributed by atoms with Gasteiger partial charge in [0.05, 0.1) is 5.69 Å². The van der Waals surface area contributed by atoms with Crippen LogP contribution in [0.1, 0.15) is 60.1 Å². The second-order valence-electron chi connectivity index (χ2n) is 9.14. The van der Waals surface area contributed by atoms with Crippen LogP contribution in [0.4, 0.5) is 18.0 Å². The molecule has 0 unspecified atom stereocenters. The van der Waals surface area contributed by atoms with Gasteiger partial charge in [-0.05, 0) is 60.1 Å². The lowest BCUT2D eigenvalue weighted by atomic mass is 9.87. The number of hydrogen-bond donors (Lipinski definition) is 3. The molecule has 7 nitrogen and oxygen atoms in total. The first-order valence-electron chi connectivity index (χ1n) is 11.5. The van der Waals surface area contributed by atoms with Crippen LogP contribution >= 0.6 is 0 Å². The van der Waals surface area contributed by atoms with E-state index in [1.165, 1.54) is 17.2 Å². The lowest BCUT2D eigenvalue weighted by Crippen LogP contribution is -2.36. The van der Waals surface area contributed by atoms with Crippen molar-refractivity contribution >= 4 is 22.9 Å². The lowest BCUT2D eigenvalue weighted by Gasteiger charge is -2.30. The van der Waals surface area contributed by atoms with E-state index in [1.807, 2.05) is 11.4 Å². The number of H-pyrrole nitrogens is 1. The number of carboxylic acid groups (broad SMARTS) is 1. The summed E-state index contributed by atoms with van der Waals surface area (Å²) in [5.41, 5.74) is 4.46. The summed E-state index contributed by atoms with van der Waals surface area (Å²) in [5, 5.41) is 12.1. The van der Waals surface area contributed by atoms with Crippen molar-refractivity contribution in [2.45, 2.75) is 44.7 Å². The van der Waals surface area contributed by atoms with Gasteiger partial charge < -0.3 is 20.3 Å². The van der Waals surface area contributed by atoms with Crippen molar-refractivity contribution in [1.29, 1.82) is 0 Å². The van der Waals surface area contributed by atoms with Crippen LogP contribution in [0.5, 0.6) is 0 Å². The molecule has 2 amide bonds. The van der Waals surface area contributed by atoms with Crippen molar-refractivity contribution in [3.8, 4) is 11.3 Å². The molecule has 4 rings (SSSR count). The summed E-state index contributed by atoms with van der Waals surface area (Å²) in [6, 6.07) is 9.41. The van der Waals surface area contributed by atoms with Gasteiger partial charge in [-0.1, -0.05) is 19.9 Å². The predicted octanol–water partition coefficient (Wildman–Crippen LogP) is 5.50. The highest BCUT2D eigenvalue weighted by Gasteiger charge is 2.28. The van der Waals surface area contributed by atoms with Crippen LogP contribution in [-0.2, 0) is 0 Å². The van der Waals surface area contributed by atoms with E-state index < -0.39 is 24.7 Å². The molecule has 1 aromatic carbocycles. The highest BCUT2D eigenvalue weighted by molar-refractivity contribution is 5.95. The minimum Gasteiger partial charge on any atom is -0.465 e. The van der Waals surface area contributed by atoms with E-state index in [4.69, 9.17) is 0 Å². The number of aromatic amines is 1. The Balaban J connectivity index is 1.66. The molecular weight excluding hydrogens is 461 g/mol. The van der Waals surface area contributed by atoms with Gasteiger partial charge in [-0.3, -0.25) is 9.78 Å². The molecule has 0 aliphatic carbocycles. The third kappa shape index (κ3) is 5.41. The van der Waals surface area contributed by atoms with Gasteiger partial charge in [0.25, 0.3) is 5.91 Å². The Morgan fingerprint density at radius 3 is 2.54 bits per heavy atom. The first-order valence-corrected chi connectivity index (χ1v) is 11.5. The zero-order valence-electron chi connectivity index (χ0n) is 19.4. The number of alkyl halides is 3. The van der Waals surface area contributed by atoms with Gasteiger partial charge in [-0.15, -0.1) is 0 Å². The summed E-state index contributed by atoms with van der Waals surface area (Å²) in [6.45, 7) is 3.70. The zero-order chi connectivity index (χ0) is 25.3. The van der Waals surface area contributed by atoms with Crippen molar-refractivity contribution < 1.29 is 27.9 Å².